The van der Waals surface area contributed by atoms with Crippen LogP contribution in [-0.2, 0) is 62.4 Å². The van der Waals surface area contributed by atoms with Gasteiger partial charge in [-0.25, -0.2) is 14.7 Å². The third kappa shape index (κ3) is 17.1. The first-order valence-electron chi connectivity index (χ1n) is 28.0. The van der Waals surface area contributed by atoms with Crippen LogP contribution >= 0.6 is 21.6 Å². The van der Waals surface area contributed by atoms with Gasteiger partial charge in [-0.3, -0.25) is 48.1 Å². The first-order valence-corrected chi connectivity index (χ1v) is 30.5. The van der Waals surface area contributed by atoms with Crippen LogP contribution < -0.4 is 54.0 Å². The average Bonchev–Trinajstić information content (AvgIpc) is 2.83. The lowest BCUT2D eigenvalue weighted by Crippen LogP contribution is -2.61. The number of rotatable bonds is 17. The molecule has 14 N–H and O–H groups in total. The number of carbonyl (C=O) groups excluding carboxylic acids is 10. The minimum absolute atomic E-state index is 0.0406. The molecule has 0 unspecified atom stereocenters. The molecule has 446 valence electrons. The number of imidazole rings is 1. The molecule has 2 aromatic heterocycles. The highest BCUT2D eigenvalue weighted by Crippen LogP contribution is 2.35. The number of aromatic amines is 2. The molecule has 2 aliphatic heterocycles. The minimum Gasteiger partial charge on any atom is -0.370 e. The van der Waals surface area contributed by atoms with E-state index in [4.69, 9.17) is 11.5 Å². The predicted octanol–water partition coefficient (Wildman–Crippen LogP) is 1.18. The normalized spacial score (nSPS) is 23.8. The summed E-state index contributed by atoms with van der Waals surface area (Å²) < 4.78 is 0. The summed E-state index contributed by atoms with van der Waals surface area (Å²) in [6.45, 7) is 4.62. The topological polar surface area (TPSA) is 379 Å². The fraction of sp³-hybridized carbons (Fsp3) is 0.500. The Balaban J connectivity index is 1.24. The lowest BCUT2D eigenvalue weighted by Gasteiger charge is -2.32. The van der Waals surface area contributed by atoms with E-state index in [1.807, 2.05) is 31.2 Å². The molecule has 10 amide bonds. The molecule has 27 heteroatoms. The maximum Gasteiger partial charge on any atom is 0.325 e. The van der Waals surface area contributed by atoms with E-state index in [0.717, 1.165) is 56.7 Å². The molecular weight excluding hydrogens is 1110 g/mol. The summed E-state index contributed by atoms with van der Waals surface area (Å²) in [4.78, 5) is 158. The largest absolute Gasteiger partial charge is 0.370 e. The number of imide groups is 1. The number of amides is 10. The van der Waals surface area contributed by atoms with Crippen molar-refractivity contribution in [3.05, 3.63) is 90.1 Å². The van der Waals surface area contributed by atoms with Crippen molar-refractivity contribution in [2.75, 3.05) is 18.1 Å². The van der Waals surface area contributed by atoms with Gasteiger partial charge in [0.15, 0.2) is 11.7 Å². The SMILES string of the molecule is CCCC[C@@H](C(=O)N[C@H]1CSSC[C@@H](C(C)=O)NC(=O)[C@H](Cc2c[nH]c3ccccc23)NC(=O)[C@H](CCCN=C(N)N)NC(=O)[C@@H](Cc2ccccc2)NC(=O)[C@H](Cc2cnc[nH]2)NC(=O)[C@@H](C)NC1=O)N1C(=O)NC2(CCCCC2)C1=O. The van der Waals surface area contributed by atoms with Gasteiger partial charge in [-0.1, -0.05) is 109 Å². The van der Waals surface area contributed by atoms with Crippen molar-refractivity contribution in [2.24, 2.45) is 16.5 Å². The summed E-state index contributed by atoms with van der Waals surface area (Å²) in [5.74, 6) is -6.97. The van der Waals surface area contributed by atoms with E-state index in [-0.39, 0.29) is 62.5 Å². The van der Waals surface area contributed by atoms with Gasteiger partial charge in [0.25, 0.3) is 5.91 Å². The van der Waals surface area contributed by atoms with Gasteiger partial charge in [0.05, 0.1) is 12.4 Å². The molecule has 25 nitrogen and oxygen atoms in total. The number of hydrogen-bond donors (Lipinski definition) is 12. The fourth-order valence-electron chi connectivity index (χ4n) is 10.3. The van der Waals surface area contributed by atoms with Crippen molar-refractivity contribution < 1.29 is 47.9 Å². The second kappa shape index (κ2) is 29.9. The molecule has 1 saturated carbocycles. The lowest BCUT2D eigenvalue weighted by atomic mass is 9.81. The Kier molecular flexibility index (Phi) is 22.5. The number of urea groups is 1. The highest BCUT2D eigenvalue weighted by molar-refractivity contribution is 8.76. The molecule has 83 heavy (non-hydrogen) atoms. The van der Waals surface area contributed by atoms with E-state index in [2.05, 4.69) is 62.5 Å². The Morgan fingerprint density at radius 2 is 1.39 bits per heavy atom. The molecule has 3 aliphatic rings. The summed E-state index contributed by atoms with van der Waals surface area (Å²) in [6, 6.07) is 4.73. The van der Waals surface area contributed by atoms with Crippen molar-refractivity contribution in [3.63, 3.8) is 0 Å². The Morgan fingerprint density at radius 1 is 0.747 bits per heavy atom. The van der Waals surface area contributed by atoms with E-state index in [1.54, 1.807) is 36.5 Å². The first kappa shape index (κ1) is 62.7. The third-order valence-corrected chi connectivity index (χ3v) is 17.4. The smallest absolute Gasteiger partial charge is 0.325 e. The van der Waals surface area contributed by atoms with E-state index in [0.29, 0.717) is 42.5 Å². The monoisotopic (exact) mass is 1180 g/mol. The molecule has 0 bridgehead atoms. The molecule has 0 radical (unpaired) electrons. The van der Waals surface area contributed by atoms with E-state index in [9.17, 15) is 47.9 Å². The molecule has 4 heterocycles. The quantitative estimate of drug-likeness (QED) is 0.0232. The summed E-state index contributed by atoms with van der Waals surface area (Å²) in [7, 11) is 2.16. The molecule has 1 aliphatic carbocycles. The Morgan fingerprint density at radius 3 is 2.07 bits per heavy atom. The highest BCUT2D eigenvalue weighted by Gasteiger charge is 2.54. The van der Waals surface area contributed by atoms with Crippen molar-refractivity contribution >= 4 is 97.5 Å². The van der Waals surface area contributed by atoms with Gasteiger partial charge >= 0.3 is 6.03 Å². The van der Waals surface area contributed by atoms with Crippen LogP contribution in [0.4, 0.5) is 4.79 Å². The molecular formula is C56H75N15O10S2. The second-order valence-electron chi connectivity index (χ2n) is 21.2. The number of aromatic nitrogens is 3. The van der Waals surface area contributed by atoms with Gasteiger partial charge in [0.2, 0.25) is 41.4 Å². The number of nitrogens with one attached hydrogen (secondary N) is 10. The maximum atomic E-state index is 14.7. The number of hydrogen-bond acceptors (Lipinski definition) is 14. The Labute approximate surface area is 488 Å². The summed E-state index contributed by atoms with van der Waals surface area (Å²) in [5, 5.41) is 23.0. The minimum atomic E-state index is -1.42. The molecule has 2 aromatic carbocycles. The number of H-pyrrole nitrogens is 2. The van der Waals surface area contributed by atoms with E-state index >= 15 is 0 Å². The zero-order valence-corrected chi connectivity index (χ0v) is 48.4. The third-order valence-electron chi connectivity index (χ3n) is 14.9. The molecule has 2 saturated heterocycles. The van der Waals surface area contributed by atoms with E-state index in [1.165, 1.54) is 26.4 Å². The number of guanidine groups is 1. The number of ketones is 1. The van der Waals surface area contributed by atoms with Gasteiger partial charge in [0.1, 0.15) is 47.8 Å². The van der Waals surface area contributed by atoms with Crippen LogP contribution in [0.25, 0.3) is 10.9 Å². The molecule has 4 aromatic rings. The van der Waals surface area contributed by atoms with Crippen LogP contribution in [0.1, 0.15) is 102 Å². The number of para-hydroxylation sites is 1. The summed E-state index contributed by atoms with van der Waals surface area (Å²) in [5.41, 5.74) is 12.6. The van der Waals surface area contributed by atoms with Crippen molar-refractivity contribution in [1.82, 2.24) is 62.4 Å². The number of nitrogens with zero attached hydrogens (tertiary/aromatic N) is 3. The van der Waals surface area contributed by atoms with Gasteiger partial charge < -0.3 is 64.0 Å². The van der Waals surface area contributed by atoms with Crippen LogP contribution in [0.5, 0.6) is 0 Å². The molecule has 1 spiro atoms. The van der Waals surface area contributed by atoms with Crippen molar-refractivity contribution in [3.8, 4) is 0 Å². The van der Waals surface area contributed by atoms with Crippen LogP contribution in [0.3, 0.4) is 0 Å². The van der Waals surface area contributed by atoms with Crippen molar-refractivity contribution in [2.45, 2.75) is 158 Å². The van der Waals surface area contributed by atoms with Gasteiger partial charge in [-0.05, 0) is 63.1 Å². The van der Waals surface area contributed by atoms with Crippen LogP contribution in [0, 0.1) is 0 Å². The fourth-order valence-corrected chi connectivity index (χ4v) is 12.7. The standard InChI is InChI=1S/C56H75N15O10S2/c1-4-5-20-45(71-53(80)56(70-55(71)81)21-12-7-13-22-56)52(79)69-44-30-83-82-29-43(33(3)72)68-49(76)41(25-35-27-61-38-18-11-10-17-37(35)38)67-47(74)39(19-14-23-60-54(57)58)64-48(75)40(24-34-15-8-6-9-16-34)66-50(77)42(26-36-28-59-31-62-36)65-46(73)32(2)63-51(44)78/h6,8-11,15-18,27-28,31-32,39-45,61H,4-5,7,12-14,19-26,29-30H2,1-3H3,(H,59,62)(H,63,78)(H,64,75)(H,65,73)(H,66,77)(H,67,74)(H,68,76)(H,69,79)(H,70,81)(H4,57,58,60)/t32-,39+,40-,41+,42+,43+,44+,45+/m1/s1. The van der Waals surface area contributed by atoms with Crippen molar-refractivity contribution in [1.29, 1.82) is 0 Å². The number of fused-ring (bicyclic) bond motifs is 1. The lowest BCUT2D eigenvalue weighted by molar-refractivity contribution is -0.140. The number of carbonyl (C=O) groups is 10. The molecule has 8 atom stereocenters. The first-order chi connectivity index (χ1) is 39.9. The Hall–Kier alpha value is -7.94. The number of Topliss-reactive ketones (excluding diaryl/α,β-unsaturated/α-hetero) is 1. The number of benzene rings is 2. The zero-order chi connectivity index (χ0) is 59.6. The van der Waals surface area contributed by atoms with Gasteiger partial charge in [-0.15, -0.1) is 0 Å². The van der Waals surface area contributed by atoms with Crippen LogP contribution in [0.15, 0.2) is 78.3 Å². The number of nitrogens with two attached hydrogens (primary N) is 2. The van der Waals surface area contributed by atoms with Gasteiger partial charge in [-0.2, -0.15) is 0 Å². The predicted molar refractivity (Wildman–Crippen MR) is 314 cm³/mol. The Bertz CT molecular complexity index is 2990. The van der Waals surface area contributed by atoms with Crippen LogP contribution in [0.2, 0.25) is 0 Å². The number of aliphatic imine (C=N–C) groups is 1. The maximum absolute atomic E-state index is 14.7. The zero-order valence-electron chi connectivity index (χ0n) is 46.8. The summed E-state index contributed by atoms with van der Waals surface area (Å²) in [6.07, 6.45) is 8.71. The van der Waals surface area contributed by atoms with E-state index < -0.39 is 113 Å². The average molecular weight is 1180 g/mol. The highest BCUT2D eigenvalue weighted by atomic mass is 33.1. The second-order valence-corrected chi connectivity index (χ2v) is 23.7. The summed E-state index contributed by atoms with van der Waals surface area (Å²) >= 11 is 0. The molecule has 3 fully saturated rings. The molecule has 7 rings (SSSR count). The number of unbranched alkanes of at least 4 members (excludes halogenated alkanes) is 1. The van der Waals surface area contributed by atoms with Gasteiger partial charge in [0, 0.05) is 66.3 Å². The van der Waals surface area contributed by atoms with Crippen LogP contribution in [-0.4, -0.2) is 157 Å².